The number of hydrogen-bond acceptors (Lipinski definition) is 7. The van der Waals surface area contributed by atoms with Gasteiger partial charge in [0.25, 0.3) is 0 Å². The molecule has 0 bridgehead atoms. The van der Waals surface area contributed by atoms with Gasteiger partial charge in [0.05, 0.1) is 32.0 Å². The molecule has 0 N–H and O–H groups in total. The van der Waals surface area contributed by atoms with Crippen molar-refractivity contribution in [3.05, 3.63) is 114 Å². The molecule has 1 aliphatic heterocycles. The van der Waals surface area contributed by atoms with Crippen LogP contribution in [0.3, 0.4) is 0 Å². The van der Waals surface area contributed by atoms with Crippen molar-refractivity contribution in [2.45, 2.75) is 18.3 Å². The van der Waals surface area contributed by atoms with E-state index in [1.54, 1.807) is 24.3 Å². The van der Waals surface area contributed by atoms with E-state index >= 15 is 0 Å². The lowest BCUT2D eigenvalue weighted by Gasteiger charge is -2.40. The van der Waals surface area contributed by atoms with Crippen LogP contribution in [0.1, 0.15) is 27.9 Å². The van der Waals surface area contributed by atoms with Crippen LogP contribution in [-0.2, 0) is 29.5 Å². The standard InChI is InChI=1S/C29H26F2O7/c1-2-27(32)35-17-3-16-34-25-14-4-20(5-15-25)28(33)38-26-18-36-29(37-19-26,21-6-10-23(30)11-7-21)22-8-12-24(31)13-9-22/h2,4-15,26H,1,3,16-19H2. The normalized spacial score (nSPS) is 14.9. The topological polar surface area (TPSA) is 80.3 Å². The summed E-state index contributed by atoms with van der Waals surface area (Å²) in [7, 11) is 0. The minimum Gasteiger partial charge on any atom is -0.493 e. The molecule has 0 aromatic heterocycles. The van der Waals surface area contributed by atoms with Crippen molar-refractivity contribution in [1.82, 2.24) is 0 Å². The van der Waals surface area contributed by atoms with Gasteiger partial charge in [0.1, 0.15) is 23.5 Å². The summed E-state index contributed by atoms with van der Waals surface area (Å²) in [5.74, 6) is -2.76. The molecule has 1 fully saturated rings. The maximum atomic E-state index is 13.5. The molecule has 0 saturated carbocycles. The number of ether oxygens (including phenoxy) is 5. The zero-order chi connectivity index (χ0) is 27.0. The van der Waals surface area contributed by atoms with Crippen LogP contribution in [0.4, 0.5) is 8.78 Å². The van der Waals surface area contributed by atoms with Crippen molar-refractivity contribution >= 4 is 11.9 Å². The van der Waals surface area contributed by atoms with Crippen LogP contribution in [0.5, 0.6) is 5.75 Å². The van der Waals surface area contributed by atoms with Crippen LogP contribution in [0, 0.1) is 11.6 Å². The first-order valence-electron chi connectivity index (χ1n) is 11.9. The van der Waals surface area contributed by atoms with Crippen LogP contribution in [0.15, 0.2) is 85.5 Å². The number of hydrogen-bond donors (Lipinski definition) is 0. The maximum absolute atomic E-state index is 13.5. The van der Waals surface area contributed by atoms with E-state index in [-0.39, 0.29) is 19.8 Å². The Hall–Kier alpha value is -4.08. The summed E-state index contributed by atoms with van der Waals surface area (Å²) in [6.07, 6.45) is 0.894. The Bertz CT molecular complexity index is 1190. The number of carbonyl (C=O) groups is 2. The third-order valence-corrected chi connectivity index (χ3v) is 5.73. The fourth-order valence-electron chi connectivity index (χ4n) is 3.80. The molecule has 7 nitrogen and oxygen atoms in total. The number of benzene rings is 3. The first kappa shape index (κ1) is 27.0. The molecule has 38 heavy (non-hydrogen) atoms. The molecule has 0 aliphatic carbocycles. The molecule has 0 radical (unpaired) electrons. The second-order valence-electron chi connectivity index (χ2n) is 8.38. The van der Waals surface area contributed by atoms with E-state index in [0.29, 0.717) is 35.5 Å². The Kier molecular flexibility index (Phi) is 8.83. The van der Waals surface area contributed by atoms with Crippen molar-refractivity contribution in [2.75, 3.05) is 26.4 Å². The van der Waals surface area contributed by atoms with Gasteiger partial charge in [-0.3, -0.25) is 0 Å². The molecule has 1 saturated heterocycles. The van der Waals surface area contributed by atoms with Gasteiger partial charge in [-0.2, -0.15) is 0 Å². The van der Waals surface area contributed by atoms with Crippen LogP contribution in [-0.4, -0.2) is 44.5 Å². The van der Waals surface area contributed by atoms with Gasteiger partial charge in [-0.1, -0.05) is 30.8 Å². The summed E-state index contributed by atoms with van der Waals surface area (Å²) in [6.45, 7) is 3.86. The molecule has 198 valence electrons. The molecule has 0 spiro atoms. The second kappa shape index (κ2) is 12.4. The molecular formula is C29H26F2O7. The summed E-state index contributed by atoms with van der Waals surface area (Å²) in [6, 6.07) is 17.7. The van der Waals surface area contributed by atoms with Crippen LogP contribution in [0.25, 0.3) is 0 Å². The molecule has 4 rings (SSSR count). The fourth-order valence-corrected chi connectivity index (χ4v) is 3.80. The quantitative estimate of drug-likeness (QED) is 0.211. The number of carbonyl (C=O) groups excluding carboxylic acids is 2. The number of rotatable bonds is 10. The molecule has 3 aromatic rings. The first-order chi connectivity index (χ1) is 18.4. The van der Waals surface area contributed by atoms with Gasteiger partial charge >= 0.3 is 11.9 Å². The SMILES string of the molecule is C=CC(=O)OCCCOc1ccc(C(=O)OC2COC(c3ccc(F)cc3)(c3ccc(F)cc3)OC2)cc1. The lowest BCUT2D eigenvalue weighted by atomic mass is 9.96. The highest BCUT2D eigenvalue weighted by Crippen LogP contribution is 2.38. The van der Waals surface area contributed by atoms with Crippen molar-refractivity contribution in [3.63, 3.8) is 0 Å². The summed E-state index contributed by atoms with van der Waals surface area (Å²) in [5, 5.41) is 0. The lowest BCUT2D eigenvalue weighted by Crippen LogP contribution is -2.46. The molecule has 9 heteroatoms. The van der Waals surface area contributed by atoms with Gasteiger partial charge in [-0.25, -0.2) is 18.4 Å². The minimum atomic E-state index is -1.41. The van der Waals surface area contributed by atoms with Crippen LogP contribution < -0.4 is 4.74 Å². The Morgan fingerprint density at radius 3 is 1.95 bits per heavy atom. The van der Waals surface area contributed by atoms with Crippen LogP contribution >= 0.6 is 0 Å². The van der Waals surface area contributed by atoms with Gasteiger partial charge in [0.2, 0.25) is 5.79 Å². The average molecular weight is 525 g/mol. The Labute approximate surface area is 218 Å². The van der Waals surface area contributed by atoms with Crippen molar-refractivity contribution in [1.29, 1.82) is 0 Å². The predicted octanol–water partition coefficient (Wildman–Crippen LogP) is 4.94. The van der Waals surface area contributed by atoms with Gasteiger partial charge in [0, 0.05) is 23.6 Å². The summed E-state index contributed by atoms with van der Waals surface area (Å²) < 4.78 is 55.2. The zero-order valence-corrected chi connectivity index (χ0v) is 20.4. The minimum absolute atomic E-state index is 0.00187. The van der Waals surface area contributed by atoms with E-state index < -0.39 is 35.5 Å². The predicted molar refractivity (Wildman–Crippen MR) is 132 cm³/mol. The smallest absolute Gasteiger partial charge is 0.338 e. The van der Waals surface area contributed by atoms with Crippen molar-refractivity contribution < 1.29 is 42.1 Å². The van der Waals surface area contributed by atoms with Gasteiger partial charge in [-0.05, 0) is 48.5 Å². The number of esters is 2. The van der Waals surface area contributed by atoms with E-state index in [2.05, 4.69) is 6.58 Å². The molecule has 0 unspecified atom stereocenters. The van der Waals surface area contributed by atoms with Crippen molar-refractivity contribution in [2.24, 2.45) is 0 Å². The Morgan fingerprint density at radius 1 is 0.868 bits per heavy atom. The van der Waals surface area contributed by atoms with Gasteiger partial charge < -0.3 is 23.7 Å². The average Bonchev–Trinajstić information content (AvgIpc) is 2.94. The highest BCUT2D eigenvalue weighted by Gasteiger charge is 2.42. The molecule has 1 aliphatic rings. The molecule has 0 amide bonds. The third kappa shape index (κ3) is 6.62. The maximum Gasteiger partial charge on any atom is 0.338 e. The largest absolute Gasteiger partial charge is 0.493 e. The van der Waals surface area contributed by atoms with Gasteiger partial charge in [0.15, 0.2) is 0 Å². The van der Waals surface area contributed by atoms with E-state index in [0.717, 1.165) is 6.08 Å². The molecular weight excluding hydrogens is 498 g/mol. The molecule has 0 atom stereocenters. The first-order valence-corrected chi connectivity index (χ1v) is 11.9. The van der Waals surface area contributed by atoms with Crippen molar-refractivity contribution in [3.8, 4) is 5.75 Å². The Balaban J connectivity index is 1.33. The number of halogens is 2. The zero-order valence-electron chi connectivity index (χ0n) is 20.4. The second-order valence-corrected chi connectivity index (χ2v) is 8.38. The van der Waals surface area contributed by atoms with E-state index in [1.165, 1.54) is 48.5 Å². The molecule has 1 heterocycles. The highest BCUT2D eigenvalue weighted by molar-refractivity contribution is 5.89. The lowest BCUT2D eigenvalue weighted by molar-refractivity contribution is -0.277. The highest BCUT2D eigenvalue weighted by atomic mass is 19.1. The summed E-state index contributed by atoms with van der Waals surface area (Å²) >= 11 is 0. The Morgan fingerprint density at radius 2 is 1.42 bits per heavy atom. The van der Waals surface area contributed by atoms with E-state index in [4.69, 9.17) is 23.7 Å². The third-order valence-electron chi connectivity index (χ3n) is 5.73. The van der Waals surface area contributed by atoms with E-state index in [9.17, 15) is 18.4 Å². The monoisotopic (exact) mass is 524 g/mol. The molecule has 3 aromatic carbocycles. The van der Waals surface area contributed by atoms with Crippen LogP contribution in [0.2, 0.25) is 0 Å². The fraction of sp³-hybridized carbons (Fsp3) is 0.241. The summed E-state index contributed by atoms with van der Waals surface area (Å²) in [5.41, 5.74) is 1.35. The summed E-state index contributed by atoms with van der Waals surface area (Å²) in [4.78, 5) is 23.7. The van der Waals surface area contributed by atoms with Gasteiger partial charge in [-0.15, -0.1) is 0 Å². The van der Waals surface area contributed by atoms with E-state index in [1.807, 2.05) is 0 Å².